The van der Waals surface area contributed by atoms with Crippen LogP contribution in [0.1, 0.15) is 10.4 Å². The van der Waals surface area contributed by atoms with Gasteiger partial charge in [-0.15, -0.1) is 0 Å². The molecule has 0 aliphatic carbocycles. The minimum Gasteiger partial charge on any atom is -0.322 e. The molecule has 0 aliphatic heterocycles. The van der Waals surface area contributed by atoms with E-state index in [1.165, 1.54) is 42.5 Å². The summed E-state index contributed by atoms with van der Waals surface area (Å²) in [5.74, 6) is -1.52. The number of hydrogen-bond donors (Lipinski definition) is 1. The van der Waals surface area contributed by atoms with Crippen LogP contribution in [0, 0.1) is 5.82 Å². The molecule has 0 saturated carbocycles. The second-order valence-electron chi connectivity index (χ2n) is 4.02. The molecule has 0 heterocycles. The van der Waals surface area contributed by atoms with E-state index in [9.17, 15) is 17.6 Å². The summed E-state index contributed by atoms with van der Waals surface area (Å²) in [6.07, 6.45) is 0. The number of halogens is 3. The van der Waals surface area contributed by atoms with Crippen LogP contribution in [-0.2, 0) is 9.05 Å². The quantitative estimate of drug-likeness (QED) is 0.861. The van der Waals surface area contributed by atoms with Crippen molar-refractivity contribution < 1.29 is 17.6 Å². The molecule has 110 valence electrons. The molecule has 4 nitrogen and oxygen atoms in total. The van der Waals surface area contributed by atoms with Gasteiger partial charge in [0.05, 0.1) is 15.5 Å². The molecule has 1 N–H and O–H groups in total. The zero-order valence-electron chi connectivity index (χ0n) is 10.3. The molecule has 0 saturated heterocycles. The Bertz CT molecular complexity index is 792. The molecule has 2 aromatic carbocycles. The van der Waals surface area contributed by atoms with Crippen molar-refractivity contribution >= 4 is 42.9 Å². The predicted octanol–water partition coefficient (Wildman–Crippen LogP) is 3.66. The summed E-state index contributed by atoms with van der Waals surface area (Å²) in [6.45, 7) is 0. The highest BCUT2D eigenvalue weighted by Gasteiger charge is 2.15. The van der Waals surface area contributed by atoms with Gasteiger partial charge < -0.3 is 5.32 Å². The topological polar surface area (TPSA) is 63.2 Å². The van der Waals surface area contributed by atoms with Gasteiger partial charge in [-0.3, -0.25) is 4.79 Å². The SMILES string of the molecule is O=C(Nc1ccc(S(=O)(=O)Cl)cc1)c1cccc(Cl)c1F. The van der Waals surface area contributed by atoms with Crippen molar-refractivity contribution in [3.8, 4) is 0 Å². The van der Waals surface area contributed by atoms with Gasteiger partial charge >= 0.3 is 0 Å². The summed E-state index contributed by atoms with van der Waals surface area (Å²) in [5, 5.41) is 2.27. The molecule has 0 fully saturated rings. The van der Waals surface area contributed by atoms with Gasteiger partial charge in [-0.05, 0) is 36.4 Å². The summed E-state index contributed by atoms with van der Waals surface area (Å²) in [4.78, 5) is 11.8. The third-order valence-corrected chi connectivity index (χ3v) is 4.25. The van der Waals surface area contributed by atoms with E-state index in [2.05, 4.69) is 5.32 Å². The van der Waals surface area contributed by atoms with Crippen LogP contribution >= 0.6 is 22.3 Å². The molecule has 0 bridgehead atoms. The van der Waals surface area contributed by atoms with Crippen molar-refractivity contribution in [2.24, 2.45) is 0 Å². The average molecular weight is 348 g/mol. The standard InChI is InChI=1S/C13H8Cl2FNO3S/c14-11-3-1-2-10(12(11)16)13(18)17-8-4-6-9(7-5-8)21(15,19)20/h1-7H,(H,17,18). The van der Waals surface area contributed by atoms with E-state index in [0.717, 1.165) is 0 Å². The summed E-state index contributed by atoms with van der Waals surface area (Å²) in [5.41, 5.74) is 0.0833. The molecule has 2 rings (SSSR count). The lowest BCUT2D eigenvalue weighted by molar-refractivity contribution is 0.102. The van der Waals surface area contributed by atoms with E-state index in [1.807, 2.05) is 0 Å². The molecule has 8 heteroatoms. The van der Waals surface area contributed by atoms with Crippen molar-refractivity contribution in [1.82, 2.24) is 0 Å². The van der Waals surface area contributed by atoms with Crippen LogP contribution in [0.15, 0.2) is 47.4 Å². The van der Waals surface area contributed by atoms with Crippen molar-refractivity contribution in [3.63, 3.8) is 0 Å². The maximum atomic E-state index is 13.7. The molecule has 21 heavy (non-hydrogen) atoms. The van der Waals surface area contributed by atoms with E-state index < -0.39 is 20.8 Å². The van der Waals surface area contributed by atoms with Crippen LogP contribution in [0.25, 0.3) is 0 Å². The second-order valence-corrected chi connectivity index (χ2v) is 6.99. The average Bonchev–Trinajstić information content (AvgIpc) is 2.41. The molecule has 1 amide bonds. The van der Waals surface area contributed by atoms with E-state index in [0.29, 0.717) is 5.69 Å². The fourth-order valence-electron chi connectivity index (χ4n) is 1.58. The highest BCUT2D eigenvalue weighted by molar-refractivity contribution is 8.13. The van der Waals surface area contributed by atoms with Gasteiger partial charge in [0.25, 0.3) is 15.0 Å². The summed E-state index contributed by atoms with van der Waals surface area (Å²) in [6, 6.07) is 9.20. The van der Waals surface area contributed by atoms with Crippen LogP contribution in [-0.4, -0.2) is 14.3 Å². The van der Waals surface area contributed by atoms with Crippen LogP contribution in [0.5, 0.6) is 0 Å². The van der Waals surface area contributed by atoms with Crippen molar-refractivity contribution in [2.45, 2.75) is 4.90 Å². The maximum Gasteiger partial charge on any atom is 0.261 e. The molecule has 0 radical (unpaired) electrons. The number of nitrogens with one attached hydrogen (secondary N) is 1. The van der Waals surface area contributed by atoms with Gasteiger partial charge in [-0.1, -0.05) is 17.7 Å². The first kappa shape index (κ1) is 15.8. The smallest absolute Gasteiger partial charge is 0.261 e. The fourth-order valence-corrected chi connectivity index (χ4v) is 2.52. The Kier molecular flexibility index (Phi) is 4.51. The van der Waals surface area contributed by atoms with Crippen LogP contribution in [0.2, 0.25) is 5.02 Å². The molecular weight excluding hydrogens is 340 g/mol. The van der Waals surface area contributed by atoms with Gasteiger partial charge in [0.2, 0.25) is 0 Å². The molecule has 0 spiro atoms. The number of carbonyl (C=O) groups excluding carboxylic acids is 1. The summed E-state index contributed by atoms with van der Waals surface area (Å²) >= 11 is 5.60. The first-order valence-corrected chi connectivity index (χ1v) is 8.28. The highest BCUT2D eigenvalue weighted by Crippen LogP contribution is 2.21. The third-order valence-electron chi connectivity index (χ3n) is 2.59. The minimum absolute atomic E-state index is 0.101. The van der Waals surface area contributed by atoms with E-state index in [-0.39, 0.29) is 15.5 Å². The Morgan fingerprint density at radius 2 is 1.71 bits per heavy atom. The normalized spacial score (nSPS) is 11.2. The molecule has 0 aromatic heterocycles. The monoisotopic (exact) mass is 347 g/mol. The van der Waals surface area contributed by atoms with Gasteiger partial charge in [-0.25, -0.2) is 12.8 Å². The lowest BCUT2D eigenvalue weighted by atomic mass is 10.2. The third kappa shape index (κ3) is 3.72. The maximum absolute atomic E-state index is 13.7. The largest absolute Gasteiger partial charge is 0.322 e. The Labute approximate surface area is 129 Å². The van der Waals surface area contributed by atoms with Crippen LogP contribution < -0.4 is 5.32 Å². The second kappa shape index (κ2) is 6.01. The molecular formula is C13H8Cl2FNO3S. The van der Waals surface area contributed by atoms with E-state index in [4.69, 9.17) is 22.3 Å². The van der Waals surface area contributed by atoms with Gasteiger partial charge in [0, 0.05) is 16.4 Å². The number of hydrogen-bond acceptors (Lipinski definition) is 3. The minimum atomic E-state index is -3.83. The summed E-state index contributed by atoms with van der Waals surface area (Å²) < 4.78 is 35.9. The van der Waals surface area contributed by atoms with E-state index >= 15 is 0 Å². The molecule has 0 unspecified atom stereocenters. The Balaban J connectivity index is 2.22. The number of carbonyl (C=O) groups is 1. The Hall–Kier alpha value is -1.63. The molecule has 0 aliphatic rings. The number of benzene rings is 2. The zero-order valence-corrected chi connectivity index (χ0v) is 12.6. The van der Waals surface area contributed by atoms with Crippen LogP contribution in [0.3, 0.4) is 0 Å². The van der Waals surface area contributed by atoms with Gasteiger partial charge in [0.1, 0.15) is 0 Å². The number of anilines is 1. The van der Waals surface area contributed by atoms with Crippen LogP contribution in [0.4, 0.5) is 10.1 Å². The Morgan fingerprint density at radius 1 is 1.10 bits per heavy atom. The lowest BCUT2D eigenvalue weighted by Crippen LogP contribution is -2.13. The summed E-state index contributed by atoms with van der Waals surface area (Å²) in [7, 11) is 1.34. The van der Waals surface area contributed by atoms with Crippen molar-refractivity contribution in [1.29, 1.82) is 0 Å². The Morgan fingerprint density at radius 3 is 2.29 bits per heavy atom. The molecule has 0 atom stereocenters. The lowest BCUT2D eigenvalue weighted by Gasteiger charge is -2.07. The van der Waals surface area contributed by atoms with Gasteiger partial charge in [0.15, 0.2) is 5.82 Å². The predicted molar refractivity (Wildman–Crippen MR) is 78.8 cm³/mol. The van der Waals surface area contributed by atoms with E-state index in [1.54, 1.807) is 0 Å². The first-order valence-electron chi connectivity index (χ1n) is 5.59. The van der Waals surface area contributed by atoms with Crippen molar-refractivity contribution in [2.75, 3.05) is 5.32 Å². The van der Waals surface area contributed by atoms with Crippen molar-refractivity contribution in [3.05, 3.63) is 58.9 Å². The number of amides is 1. The fraction of sp³-hybridized carbons (Fsp3) is 0. The molecule has 2 aromatic rings. The zero-order chi connectivity index (χ0) is 15.6. The van der Waals surface area contributed by atoms with Gasteiger partial charge in [-0.2, -0.15) is 0 Å². The number of rotatable bonds is 3. The highest BCUT2D eigenvalue weighted by atomic mass is 35.7. The first-order chi connectivity index (χ1) is 9.79.